The van der Waals surface area contributed by atoms with E-state index >= 15 is 0 Å². The Hall–Kier alpha value is -3.50. The number of ether oxygens (including phenoxy) is 2. The highest BCUT2D eigenvalue weighted by molar-refractivity contribution is 8.18. The van der Waals surface area contributed by atoms with Crippen molar-refractivity contribution in [3.05, 3.63) is 57.5 Å². The van der Waals surface area contributed by atoms with Gasteiger partial charge < -0.3 is 19.7 Å². The van der Waals surface area contributed by atoms with Gasteiger partial charge in [0, 0.05) is 18.8 Å². The molecule has 2 heterocycles. The fraction of sp³-hybridized carbons (Fsp3) is 0.379. The first-order chi connectivity index (χ1) is 19.2. The zero-order valence-electron chi connectivity index (χ0n) is 22.5. The summed E-state index contributed by atoms with van der Waals surface area (Å²) in [5, 5.41) is 2.45. The van der Waals surface area contributed by atoms with E-state index in [2.05, 4.69) is 5.32 Å². The molecule has 2 fully saturated rings. The van der Waals surface area contributed by atoms with Crippen molar-refractivity contribution >= 4 is 58.1 Å². The van der Waals surface area contributed by atoms with Gasteiger partial charge in [0.05, 0.1) is 16.5 Å². The van der Waals surface area contributed by atoms with E-state index in [1.54, 1.807) is 36.1 Å². The van der Waals surface area contributed by atoms with Gasteiger partial charge >= 0.3 is 0 Å². The van der Waals surface area contributed by atoms with Gasteiger partial charge in [0.15, 0.2) is 18.1 Å². The predicted octanol–water partition coefficient (Wildman–Crippen LogP) is 5.50. The summed E-state index contributed by atoms with van der Waals surface area (Å²) in [5.41, 5.74) is 2.23. The Morgan fingerprint density at radius 3 is 2.42 bits per heavy atom. The standard InChI is InChI=1S/C29H32ClN3O6S/c1-3-38-23-15-20(14-22(30)27(23)39-18-25(34)31-21-10-8-19(2)9-11-21)16-24-28(36)33(29(37)40-24)17-26(35)32-12-6-4-5-7-13-32/h8-11,14-16H,3-7,12-13,17-18H2,1-2H3,(H,31,34). The first-order valence-electron chi connectivity index (χ1n) is 13.2. The van der Waals surface area contributed by atoms with Crippen LogP contribution in [0.4, 0.5) is 10.5 Å². The number of hydrogen-bond acceptors (Lipinski definition) is 7. The van der Waals surface area contributed by atoms with Gasteiger partial charge in [-0.2, -0.15) is 0 Å². The van der Waals surface area contributed by atoms with Crippen LogP contribution in [0.2, 0.25) is 5.02 Å². The molecule has 2 aliphatic heterocycles. The third kappa shape index (κ3) is 7.57. The Morgan fingerprint density at radius 1 is 1.05 bits per heavy atom. The molecule has 0 radical (unpaired) electrons. The molecule has 4 amide bonds. The maximum atomic E-state index is 13.0. The van der Waals surface area contributed by atoms with Gasteiger partial charge in [-0.1, -0.05) is 42.1 Å². The fourth-order valence-electron chi connectivity index (χ4n) is 4.39. The van der Waals surface area contributed by atoms with Gasteiger partial charge in [-0.05, 0) is 74.4 Å². The van der Waals surface area contributed by atoms with Crippen molar-refractivity contribution in [3.63, 3.8) is 0 Å². The molecule has 0 saturated carbocycles. The van der Waals surface area contributed by atoms with E-state index in [4.69, 9.17) is 21.1 Å². The quantitative estimate of drug-likeness (QED) is 0.387. The predicted molar refractivity (Wildman–Crippen MR) is 156 cm³/mol. The van der Waals surface area contributed by atoms with Crippen molar-refractivity contribution in [2.24, 2.45) is 0 Å². The number of benzene rings is 2. The van der Waals surface area contributed by atoms with Crippen molar-refractivity contribution in [3.8, 4) is 11.5 Å². The van der Waals surface area contributed by atoms with E-state index in [0.29, 0.717) is 36.7 Å². The molecular formula is C29H32ClN3O6S. The SMILES string of the molecule is CCOc1cc(C=C2SC(=O)N(CC(=O)N3CCCCCC3)C2=O)cc(Cl)c1OCC(=O)Nc1ccc(C)cc1. The molecule has 0 aliphatic carbocycles. The van der Waals surface area contributed by atoms with Crippen LogP contribution in [0.1, 0.15) is 43.7 Å². The van der Waals surface area contributed by atoms with Gasteiger partial charge in [0.2, 0.25) is 5.91 Å². The molecule has 0 unspecified atom stereocenters. The third-order valence-electron chi connectivity index (χ3n) is 6.44. The molecule has 0 aromatic heterocycles. The van der Waals surface area contributed by atoms with E-state index in [9.17, 15) is 19.2 Å². The Labute approximate surface area is 242 Å². The smallest absolute Gasteiger partial charge is 0.294 e. The van der Waals surface area contributed by atoms with Crippen molar-refractivity contribution < 1.29 is 28.7 Å². The Bertz CT molecular complexity index is 1310. The lowest BCUT2D eigenvalue weighted by molar-refractivity contribution is -0.135. The van der Waals surface area contributed by atoms with Crippen LogP contribution in [-0.2, 0) is 14.4 Å². The summed E-state index contributed by atoms with van der Waals surface area (Å²) in [6, 6.07) is 10.6. The summed E-state index contributed by atoms with van der Waals surface area (Å²) < 4.78 is 11.4. The number of rotatable bonds is 9. The number of halogens is 1. The second-order valence-electron chi connectivity index (χ2n) is 9.53. The molecule has 4 rings (SSSR count). The maximum Gasteiger partial charge on any atom is 0.294 e. The molecule has 0 spiro atoms. The van der Waals surface area contributed by atoms with Crippen LogP contribution < -0.4 is 14.8 Å². The number of amides is 4. The normalized spacial score (nSPS) is 16.7. The van der Waals surface area contributed by atoms with E-state index in [-0.39, 0.29) is 40.6 Å². The largest absolute Gasteiger partial charge is 0.490 e. The second-order valence-corrected chi connectivity index (χ2v) is 10.9. The molecule has 2 aromatic rings. The van der Waals surface area contributed by atoms with E-state index in [0.717, 1.165) is 47.9 Å². The average molecular weight is 586 g/mol. The molecule has 11 heteroatoms. The van der Waals surface area contributed by atoms with Crippen molar-refractivity contribution in [2.75, 3.05) is 38.2 Å². The highest BCUT2D eigenvalue weighted by Gasteiger charge is 2.37. The minimum atomic E-state index is -0.527. The Kier molecular flexibility index (Phi) is 10.1. The van der Waals surface area contributed by atoms with Crippen molar-refractivity contribution in [2.45, 2.75) is 39.5 Å². The molecule has 9 nitrogen and oxygen atoms in total. The lowest BCUT2D eigenvalue weighted by Gasteiger charge is -2.22. The van der Waals surface area contributed by atoms with Crippen LogP contribution in [0, 0.1) is 6.92 Å². The molecule has 2 aromatic carbocycles. The summed E-state index contributed by atoms with van der Waals surface area (Å²) in [4.78, 5) is 53.7. The number of thioether (sulfide) groups is 1. The third-order valence-corrected chi connectivity index (χ3v) is 7.63. The lowest BCUT2D eigenvalue weighted by Crippen LogP contribution is -2.42. The van der Waals surface area contributed by atoms with E-state index in [1.807, 2.05) is 19.1 Å². The highest BCUT2D eigenvalue weighted by Crippen LogP contribution is 2.39. The van der Waals surface area contributed by atoms with Crippen LogP contribution in [0.25, 0.3) is 6.08 Å². The first-order valence-corrected chi connectivity index (χ1v) is 14.4. The summed E-state index contributed by atoms with van der Waals surface area (Å²) in [6.07, 6.45) is 5.53. The number of nitrogens with zero attached hydrogens (tertiary/aromatic N) is 2. The minimum absolute atomic E-state index is 0.177. The summed E-state index contributed by atoms with van der Waals surface area (Å²) in [6.45, 7) is 4.78. The number of likely N-dealkylation sites (tertiary alicyclic amines) is 1. The average Bonchev–Trinajstić information content (AvgIpc) is 3.10. The molecule has 1 N–H and O–H groups in total. The van der Waals surface area contributed by atoms with Crippen LogP contribution in [0.5, 0.6) is 11.5 Å². The zero-order chi connectivity index (χ0) is 28.6. The van der Waals surface area contributed by atoms with Gasteiger partial charge in [-0.3, -0.25) is 24.1 Å². The number of carbonyl (C=O) groups is 4. The number of imide groups is 1. The number of nitrogens with one attached hydrogen (secondary N) is 1. The minimum Gasteiger partial charge on any atom is -0.490 e. The fourth-order valence-corrected chi connectivity index (χ4v) is 5.50. The topological polar surface area (TPSA) is 105 Å². The summed E-state index contributed by atoms with van der Waals surface area (Å²) in [7, 11) is 0. The molecule has 0 bridgehead atoms. The van der Waals surface area contributed by atoms with Gasteiger partial charge in [0.25, 0.3) is 17.1 Å². The number of anilines is 1. The summed E-state index contributed by atoms with van der Waals surface area (Å²) in [5.74, 6) is -0.633. The highest BCUT2D eigenvalue weighted by atomic mass is 35.5. The van der Waals surface area contributed by atoms with Gasteiger partial charge in [0.1, 0.15) is 6.54 Å². The van der Waals surface area contributed by atoms with Crippen molar-refractivity contribution in [1.29, 1.82) is 0 Å². The van der Waals surface area contributed by atoms with E-state index < -0.39 is 11.1 Å². The molecule has 0 atom stereocenters. The van der Waals surface area contributed by atoms with Gasteiger partial charge in [-0.25, -0.2) is 0 Å². The van der Waals surface area contributed by atoms with Crippen LogP contribution in [0.15, 0.2) is 41.3 Å². The van der Waals surface area contributed by atoms with Gasteiger partial charge in [-0.15, -0.1) is 0 Å². The van der Waals surface area contributed by atoms with Crippen molar-refractivity contribution in [1.82, 2.24) is 9.80 Å². The molecule has 212 valence electrons. The number of hydrogen-bond donors (Lipinski definition) is 1. The van der Waals surface area contributed by atoms with Crippen LogP contribution in [0.3, 0.4) is 0 Å². The van der Waals surface area contributed by atoms with Crippen LogP contribution >= 0.6 is 23.4 Å². The molecule has 2 aliphatic rings. The number of aryl methyl sites for hydroxylation is 1. The molecule has 40 heavy (non-hydrogen) atoms. The zero-order valence-corrected chi connectivity index (χ0v) is 24.1. The lowest BCUT2D eigenvalue weighted by atomic mass is 10.1. The maximum absolute atomic E-state index is 13.0. The molecule has 2 saturated heterocycles. The Morgan fingerprint density at radius 2 is 1.75 bits per heavy atom. The first kappa shape index (κ1) is 29.5. The molecular weight excluding hydrogens is 554 g/mol. The summed E-state index contributed by atoms with van der Waals surface area (Å²) >= 11 is 7.27. The van der Waals surface area contributed by atoms with E-state index in [1.165, 1.54) is 6.08 Å². The Balaban J connectivity index is 1.44. The number of carbonyl (C=O) groups excluding carboxylic acids is 4. The van der Waals surface area contributed by atoms with Crippen LogP contribution in [-0.4, -0.2) is 65.6 Å². The second kappa shape index (κ2) is 13.7. The monoisotopic (exact) mass is 585 g/mol.